The highest BCUT2D eigenvalue weighted by Crippen LogP contribution is 2.29. The highest BCUT2D eigenvalue weighted by atomic mass is 15.3. The summed E-state index contributed by atoms with van der Waals surface area (Å²) in [4.78, 5) is 4.46. The van der Waals surface area contributed by atoms with Gasteiger partial charge in [-0.3, -0.25) is 4.68 Å². The van der Waals surface area contributed by atoms with Gasteiger partial charge in [-0.15, -0.1) is 0 Å². The highest BCUT2D eigenvalue weighted by molar-refractivity contribution is 4.91. The molecule has 0 saturated carbocycles. The van der Waals surface area contributed by atoms with Gasteiger partial charge < -0.3 is 5.32 Å². The lowest BCUT2D eigenvalue weighted by atomic mass is 9.78. The fourth-order valence-corrected chi connectivity index (χ4v) is 2.43. The second kappa shape index (κ2) is 8.52. The maximum Gasteiger partial charge on any atom is 0.138 e. The number of aromatic nitrogens is 3. The molecule has 1 N–H and O–H groups in total. The lowest BCUT2D eigenvalue weighted by Crippen LogP contribution is -2.36. The van der Waals surface area contributed by atoms with Crippen LogP contribution in [0.15, 0.2) is 6.33 Å². The van der Waals surface area contributed by atoms with Crippen molar-refractivity contribution in [1.29, 1.82) is 0 Å². The Morgan fingerprint density at radius 1 is 1.24 bits per heavy atom. The molecular weight excluding hydrogens is 260 g/mol. The monoisotopic (exact) mass is 294 g/mol. The molecule has 0 aliphatic heterocycles. The minimum Gasteiger partial charge on any atom is -0.314 e. The molecule has 0 spiro atoms. The molecule has 0 fully saturated rings. The summed E-state index contributed by atoms with van der Waals surface area (Å²) in [5.74, 6) is 1.79. The molecule has 1 aromatic rings. The molecule has 0 amide bonds. The Bertz CT molecular complexity index is 392. The normalized spacial score (nSPS) is 15.1. The zero-order chi connectivity index (χ0) is 15.9. The number of hydrogen-bond donors (Lipinski definition) is 1. The molecule has 122 valence electrons. The molecule has 21 heavy (non-hydrogen) atoms. The molecule has 0 aliphatic rings. The summed E-state index contributed by atoms with van der Waals surface area (Å²) in [6.07, 6.45) is 6.11. The van der Waals surface area contributed by atoms with Crippen molar-refractivity contribution in [3.8, 4) is 0 Å². The van der Waals surface area contributed by atoms with Crippen LogP contribution in [-0.4, -0.2) is 27.4 Å². The Kier molecular flexibility index (Phi) is 7.36. The topological polar surface area (TPSA) is 42.7 Å². The van der Waals surface area contributed by atoms with Crippen LogP contribution in [0.2, 0.25) is 0 Å². The summed E-state index contributed by atoms with van der Waals surface area (Å²) >= 11 is 0. The van der Waals surface area contributed by atoms with Crippen molar-refractivity contribution >= 4 is 0 Å². The van der Waals surface area contributed by atoms with Crippen molar-refractivity contribution in [3.05, 3.63) is 12.2 Å². The summed E-state index contributed by atoms with van der Waals surface area (Å²) in [5, 5.41) is 8.04. The lowest BCUT2D eigenvalue weighted by molar-refractivity contribution is 0.220. The van der Waals surface area contributed by atoms with E-state index >= 15 is 0 Å². The Morgan fingerprint density at radius 2 is 1.95 bits per heavy atom. The molecule has 1 rings (SSSR count). The third-order valence-electron chi connectivity index (χ3n) is 4.36. The predicted octanol–water partition coefficient (Wildman–Crippen LogP) is 3.67. The van der Waals surface area contributed by atoms with Crippen molar-refractivity contribution in [2.75, 3.05) is 6.54 Å². The van der Waals surface area contributed by atoms with E-state index in [2.05, 4.69) is 61.6 Å². The molecule has 0 saturated heterocycles. The molecule has 2 atom stereocenters. The maximum absolute atomic E-state index is 4.46. The van der Waals surface area contributed by atoms with Crippen LogP contribution in [0.5, 0.6) is 0 Å². The third kappa shape index (κ3) is 6.16. The van der Waals surface area contributed by atoms with Gasteiger partial charge in [0.25, 0.3) is 0 Å². The Labute approximate surface area is 130 Å². The molecular formula is C17H34N4. The second-order valence-electron chi connectivity index (χ2n) is 7.26. The van der Waals surface area contributed by atoms with Crippen molar-refractivity contribution in [2.45, 2.75) is 79.8 Å². The van der Waals surface area contributed by atoms with Gasteiger partial charge in [0.05, 0.1) is 0 Å². The minimum absolute atomic E-state index is 0.350. The van der Waals surface area contributed by atoms with E-state index in [1.54, 1.807) is 6.33 Å². The van der Waals surface area contributed by atoms with Crippen LogP contribution in [0.4, 0.5) is 0 Å². The molecule has 2 unspecified atom stereocenters. The average molecular weight is 294 g/mol. The standard InChI is InChI=1S/C17H34N4/c1-7-9-18-15(11-14(3)17(4,5)6)12-16-19-13-20-21(16)10-8-2/h13-15,18H,7-12H2,1-6H3. The van der Waals surface area contributed by atoms with E-state index in [1.807, 2.05) is 0 Å². The molecule has 4 heteroatoms. The van der Waals surface area contributed by atoms with Gasteiger partial charge in [-0.1, -0.05) is 41.5 Å². The first-order chi connectivity index (χ1) is 9.88. The lowest BCUT2D eigenvalue weighted by Gasteiger charge is -2.31. The number of nitrogens with one attached hydrogen (secondary N) is 1. The quantitative estimate of drug-likeness (QED) is 0.755. The van der Waals surface area contributed by atoms with Gasteiger partial charge in [0, 0.05) is 19.0 Å². The van der Waals surface area contributed by atoms with E-state index in [-0.39, 0.29) is 0 Å². The summed E-state index contributed by atoms with van der Waals surface area (Å²) in [6.45, 7) is 15.8. The van der Waals surface area contributed by atoms with Gasteiger partial charge in [-0.25, -0.2) is 4.98 Å². The van der Waals surface area contributed by atoms with E-state index in [0.29, 0.717) is 17.4 Å². The molecule has 0 aromatic carbocycles. The third-order valence-corrected chi connectivity index (χ3v) is 4.36. The number of rotatable bonds is 9. The first-order valence-electron chi connectivity index (χ1n) is 8.48. The molecule has 4 nitrogen and oxygen atoms in total. The molecule has 1 aromatic heterocycles. The Hall–Kier alpha value is -0.900. The number of aryl methyl sites for hydroxylation is 1. The van der Waals surface area contributed by atoms with Crippen LogP contribution in [0.1, 0.15) is 66.6 Å². The molecule has 1 heterocycles. The molecule has 0 radical (unpaired) electrons. The molecule has 0 bridgehead atoms. The second-order valence-corrected chi connectivity index (χ2v) is 7.26. The van der Waals surface area contributed by atoms with Gasteiger partial charge in [-0.05, 0) is 37.1 Å². The zero-order valence-corrected chi connectivity index (χ0v) is 14.8. The van der Waals surface area contributed by atoms with Crippen LogP contribution in [-0.2, 0) is 13.0 Å². The van der Waals surface area contributed by atoms with E-state index in [4.69, 9.17) is 0 Å². The summed E-state index contributed by atoms with van der Waals surface area (Å²) < 4.78 is 2.06. The van der Waals surface area contributed by atoms with E-state index in [0.717, 1.165) is 31.8 Å². The summed E-state index contributed by atoms with van der Waals surface area (Å²) in [5.41, 5.74) is 0.350. The first kappa shape index (κ1) is 18.1. The van der Waals surface area contributed by atoms with Crippen LogP contribution < -0.4 is 5.32 Å². The van der Waals surface area contributed by atoms with E-state index in [9.17, 15) is 0 Å². The van der Waals surface area contributed by atoms with Crippen LogP contribution in [0, 0.1) is 11.3 Å². The largest absolute Gasteiger partial charge is 0.314 e. The summed E-state index contributed by atoms with van der Waals surface area (Å²) in [7, 11) is 0. The predicted molar refractivity (Wildman–Crippen MR) is 89.3 cm³/mol. The van der Waals surface area contributed by atoms with Crippen LogP contribution in [0.25, 0.3) is 0 Å². The Balaban J connectivity index is 2.70. The number of hydrogen-bond acceptors (Lipinski definition) is 3. The van der Waals surface area contributed by atoms with Crippen molar-refractivity contribution in [2.24, 2.45) is 11.3 Å². The van der Waals surface area contributed by atoms with E-state index in [1.165, 1.54) is 12.8 Å². The number of nitrogens with zero attached hydrogens (tertiary/aromatic N) is 3. The molecule has 0 aliphatic carbocycles. The smallest absolute Gasteiger partial charge is 0.138 e. The summed E-state index contributed by atoms with van der Waals surface area (Å²) in [6, 6.07) is 0.485. The van der Waals surface area contributed by atoms with Gasteiger partial charge in [-0.2, -0.15) is 5.10 Å². The van der Waals surface area contributed by atoms with E-state index < -0.39 is 0 Å². The fraction of sp³-hybridized carbons (Fsp3) is 0.882. The van der Waals surface area contributed by atoms with Crippen molar-refractivity contribution < 1.29 is 0 Å². The Morgan fingerprint density at radius 3 is 2.52 bits per heavy atom. The fourth-order valence-electron chi connectivity index (χ4n) is 2.43. The maximum atomic E-state index is 4.46. The van der Waals surface area contributed by atoms with Gasteiger partial charge in [0.2, 0.25) is 0 Å². The average Bonchev–Trinajstić information content (AvgIpc) is 2.82. The van der Waals surface area contributed by atoms with Crippen molar-refractivity contribution in [1.82, 2.24) is 20.1 Å². The van der Waals surface area contributed by atoms with Crippen LogP contribution in [0.3, 0.4) is 0 Å². The SMILES string of the molecule is CCCNC(Cc1ncnn1CCC)CC(C)C(C)(C)C. The first-order valence-corrected chi connectivity index (χ1v) is 8.48. The van der Waals surface area contributed by atoms with Gasteiger partial charge in [0.15, 0.2) is 0 Å². The zero-order valence-electron chi connectivity index (χ0n) is 14.8. The highest BCUT2D eigenvalue weighted by Gasteiger charge is 2.24. The van der Waals surface area contributed by atoms with Gasteiger partial charge in [0.1, 0.15) is 12.2 Å². The minimum atomic E-state index is 0.350. The van der Waals surface area contributed by atoms with Gasteiger partial charge >= 0.3 is 0 Å². The van der Waals surface area contributed by atoms with Crippen LogP contribution >= 0.6 is 0 Å². The van der Waals surface area contributed by atoms with Crippen molar-refractivity contribution in [3.63, 3.8) is 0 Å².